The van der Waals surface area contributed by atoms with Crippen LogP contribution in [-0.2, 0) is 6.54 Å². The first-order valence-corrected chi connectivity index (χ1v) is 6.64. The lowest BCUT2D eigenvalue weighted by Gasteiger charge is -2.10. The van der Waals surface area contributed by atoms with Crippen LogP contribution < -0.4 is 5.32 Å². The molecule has 0 radical (unpaired) electrons. The van der Waals surface area contributed by atoms with Crippen LogP contribution in [-0.4, -0.2) is 11.9 Å². The van der Waals surface area contributed by atoms with E-state index in [-0.39, 0.29) is 11.2 Å². The molecule has 0 aliphatic carbocycles. The Labute approximate surface area is 110 Å². The lowest BCUT2D eigenvalue weighted by Crippen LogP contribution is -2.22. The second-order valence-electron chi connectivity index (χ2n) is 3.79. The molecule has 4 heteroatoms. The van der Waals surface area contributed by atoms with Crippen LogP contribution in [0.4, 0.5) is 4.39 Å². The Morgan fingerprint density at radius 2 is 2.19 bits per heavy atom. The summed E-state index contributed by atoms with van der Waals surface area (Å²) >= 11 is 9.33. The van der Waals surface area contributed by atoms with Crippen molar-refractivity contribution in [2.45, 2.75) is 31.7 Å². The van der Waals surface area contributed by atoms with Crippen molar-refractivity contribution >= 4 is 27.5 Å². The van der Waals surface area contributed by atoms with Gasteiger partial charge in [0.25, 0.3) is 0 Å². The summed E-state index contributed by atoms with van der Waals surface area (Å²) in [6.45, 7) is 3.51. The Kier molecular flexibility index (Phi) is 6.32. The van der Waals surface area contributed by atoms with Gasteiger partial charge < -0.3 is 5.32 Å². The normalized spacial score (nSPS) is 12.8. The van der Waals surface area contributed by atoms with Gasteiger partial charge in [-0.15, -0.1) is 11.6 Å². The predicted octanol–water partition coefficient (Wildman–Crippen LogP) is 4.09. The molecule has 1 unspecified atom stereocenters. The van der Waals surface area contributed by atoms with Crippen molar-refractivity contribution in [2.75, 3.05) is 6.54 Å². The molecule has 1 atom stereocenters. The maximum Gasteiger partial charge on any atom is 0.124 e. The molecule has 0 aliphatic heterocycles. The third kappa shape index (κ3) is 5.28. The number of benzene rings is 1. The molecule has 0 spiro atoms. The van der Waals surface area contributed by atoms with Gasteiger partial charge in [-0.1, -0.05) is 29.3 Å². The molecule has 0 bridgehead atoms. The van der Waals surface area contributed by atoms with Crippen LogP contribution >= 0.6 is 27.5 Å². The fourth-order valence-corrected chi connectivity index (χ4v) is 2.34. The first kappa shape index (κ1) is 13.9. The highest BCUT2D eigenvalue weighted by Gasteiger charge is 2.03. The Balaban J connectivity index is 2.37. The van der Waals surface area contributed by atoms with Crippen molar-refractivity contribution < 1.29 is 4.39 Å². The average Bonchev–Trinajstić information content (AvgIpc) is 2.16. The number of nitrogens with one attached hydrogen (secondary N) is 1. The Morgan fingerprint density at radius 3 is 2.81 bits per heavy atom. The van der Waals surface area contributed by atoms with Gasteiger partial charge in [0.1, 0.15) is 5.82 Å². The summed E-state index contributed by atoms with van der Waals surface area (Å²) in [7, 11) is 0. The van der Waals surface area contributed by atoms with E-state index in [2.05, 4.69) is 28.2 Å². The summed E-state index contributed by atoms with van der Waals surface area (Å²) in [4.78, 5) is 0. The minimum atomic E-state index is -0.220. The molecule has 16 heavy (non-hydrogen) atoms. The first-order chi connectivity index (χ1) is 7.61. The first-order valence-electron chi connectivity index (χ1n) is 5.41. The SMILES string of the molecule is CCCC(Cl)CNCc1cc(F)cc(Br)c1. The second kappa shape index (κ2) is 7.25. The third-order valence-electron chi connectivity index (χ3n) is 2.22. The van der Waals surface area contributed by atoms with Gasteiger partial charge in [-0.25, -0.2) is 4.39 Å². The van der Waals surface area contributed by atoms with Crippen LogP contribution in [0.5, 0.6) is 0 Å². The zero-order valence-electron chi connectivity index (χ0n) is 9.27. The Bertz CT molecular complexity index is 313. The van der Waals surface area contributed by atoms with Crippen molar-refractivity contribution in [3.63, 3.8) is 0 Å². The summed E-state index contributed by atoms with van der Waals surface area (Å²) in [6, 6.07) is 4.88. The van der Waals surface area contributed by atoms with Gasteiger partial charge in [-0.3, -0.25) is 0 Å². The van der Waals surface area contributed by atoms with E-state index < -0.39 is 0 Å². The van der Waals surface area contributed by atoms with Gasteiger partial charge in [-0.05, 0) is 30.2 Å². The van der Waals surface area contributed by atoms with Crippen molar-refractivity contribution in [1.29, 1.82) is 0 Å². The fourth-order valence-electron chi connectivity index (χ4n) is 1.50. The summed E-state index contributed by atoms with van der Waals surface area (Å²) in [5.41, 5.74) is 0.923. The average molecular weight is 309 g/mol. The van der Waals surface area contributed by atoms with Gasteiger partial charge in [-0.2, -0.15) is 0 Å². The predicted molar refractivity (Wildman–Crippen MR) is 70.4 cm³/mol. The highest BCUT2D eigenvalue weighted by Crippen LogP contribution is 2.14. The number of alkyl halides is 1. The monoisotopic (exact) mass is 307 g/mol. The molecule has 0 heterocycles. The van der Waals surface area contributed by atoms with Gasteiger partial charge in [0.15, 0.2) is 0 Å². The van der Waals surface area contributed by atoms with E-state index in [9.17, 15) is 4.39 Å². The van der Waals surface area contributed by atoms with Gasteiger partial charge in [0.05, 0.1) is 0 Å². The highest BCUT2D eigenvalue weighted by atomic mass is 79.9. The number of halogens is 3. The van der Waals surface area contributed by atoms with E-state index in [1.54, 1.807) is 0 Å². The zero-order chi connectivity index (χ0) is 12.0. The van der Waals surface area contributed by atoms with Crippen molar-refractivity contribution in [1.82, 2.24) is 5.32 Å². The maximum atomic E-state index is 13.1. The van der Waals surface area contributed by atoms with Crippen molar-refractivity contribution in [3.05, 3.63) is 34.1 Å². The van der Waals surface area contributed by atoms with Gasteiger partial charge in [0, 0.05) is 22.9 Å². The van der Waals surface area contributed by atoms with Crippen LogP contribution in [0.1, 0.15) is 25.3 Å². The quantitative estimate of drug-likeness (QED) is 0.781. The Morgan fingerprint density at radius 1 is 1.44 bits per heavy atom. The smallest absolute Gasteiger partial charge is 0.124 e. The molecule has 0 aliphatic rings. The van der Waals surface area contributed by atoms with Crippen molar-refractivity contribution in [3.8, 4) is 0 Å². The largest absolute Gasteiger partial charge is 0.311 e. The lowest BCUT2D eigenvalue weighted by molar-refractivity contribution is 0.607. The van der Waals surface area contributed by atoms with Crippen molar-refractivity contribution in [2.24, 2.45) is 0 Å². The third-order valence-corrected chi connectivity index (χ3v) is 3.05. The molecular formula is C12H16BrClFN. The van der Waals surface area contributed by atoms with Crippen LogP contribution in [0.15, 0.2) is 22.7 Å². The molecule has 0 fully saturated rings. The van der Waals surface area contributed by atoms with E-state index >= 15 is 0 Å². The summed E-state index contributed by atoms with van der Waals surface area (Å²) in [5, 5.41) is 3.38. The molecule has 0 saturated heterocycles. The van der Waals surface area contributed by atoms with Crippen LogP contribution in [0, 0.1) is 5.82 Å². The van der Waals surface area contributed by atoms with E-state index in [1.165, 1.54) is 12.1 Å². The van der Waals surface area contributed by atoms with E-state index in [1.807, 2.05) is 6.07 Å². The standard InChI is InChI=1S/C12H16BrClFN/c1-2-3-11(14)8-16-7-9-4-10(13)6-12(15)5-9/h4-6,11,16H,2-3,7-8H2,1H3. The van der Waals surface area contributed by atoms with E-state index in [0.29, 0.717) is 6.54 Å². The molecule has 1 N–H and O–H groups in total. The molecule has 1 aromatic rings. The van der Waals surface area contributed by atoms with Gasteiger partial charge >= 0.3 is 0 Å². The van der Waals surface area contributed by atoms with E-state index in [0.717, 1.165) is 29.4 Å². The molecule has 1 nitrogen and oxygen atoms in total. The minimum Gasteiger partial charge on any atom is -0.311 e. The van der Waals surface area contributed by atoms with Gasteiger partial charge in [0.2, 0.25) is 0 Å². The summed E-state index contributed by atoms with van der Waals surface area (Å²) in [5.74, 6) is -0.220. The molecule has 90 valence electrons. The summed E-state index contributed by atoms with van der Waals surface area (Å²) in [6.07, 6.45) is 2.09. The maximum absolute atomic E-state index is 13.1. The summed E-state index contributed by atoms with van der Waals surface area (Å²) < 4.78 is 13.8. The van der Waals surface area contributed by atoms with Crippen LogP contribution in [0.2, 0.25) is 0 Å². The molecule has 0 saturated carbocycles. The molecule has 0 amide bonds. The van der Waals surface area contributed by atoms with Crippen LogP contribution in [0.25, 0.3) is 0 Å². The zero-order valence-corrected chi connectivity index (χ0v) is 11.6. The second-order valence-corrected chi connectivity index (χ2v) is 5.33. The molecule has 1 rings (SSSR count). The van der Waals surface area contributed by atoms with Crippen LogP contribution in [0.3, 0.4) is 0 Å². The minimum absolute atomic E-state index is 0.155. The molecule has 0 aromatic heterocycles. The number of rotatable bonds is 6. The number of hydrogen-bond acceptors (Lipinski definition) is 1. The molecular weight excluding hydrogens is 292 g/mol. The van der Waals surface area contributed by atoms with E-state index in [4.69, 9.17) is 11.6 Å². The lowest BCUT2D eigenvalue weighted by atomic mass is 10.2. The highest BCUT2D eigenvalue weighted by molar-refractivity contribution is 9.10. The number of hydrogen-bond donors (Lipinski definition) is 1. The Hall–Kier alpha value is -0.120. The topological polar surface area (TPSA) is 12.0 Å². The fraction of sp³-hybridized carbons (Fsp3) is 0.500. The molecule has 1 aromatic carbocycles.